The van der Waals surface area contributed by atoms with E-state index in [0.717, 1.165) is 18.3 Å². The van der Waals surface area contributed by atoms with Crippen molar-refractivity contribution in [2.24, 2.45) is 50.2 Å². The summed E-state index contributed by atoms with van der Waals surface area (Å²) in [6.07, 6.45) is 15.9. The van der Waals surface area contributed by atoms with Crippen molar-refractivity contribution in [3.8, 4) is 0 Å². The van der Waals surface area contributed by atoms with Crippen molar-refractivity contribution in [1.29, 1.82) is 0 Å². The minimum atomic E-state index is -0.110. The van der Waals surface area contributed by atoms with Gasteiger partial charge in [-0.1, -0.05) is 67.0 Å². The van der Waals surface area contributed by atoms with E-state index in [1.165, 1.54) is 57.8 Å². The van der Waals surface area contributed by atoms with E-state index >= 15 is 0 Å². The van der Waals surface area contributed by atoms with Gasteiger partial charge in [0.15, 0.2) is 0 Å². The summed E-state index contributed by atoms with van der Waals surface area (Å²) in [5.74, 6) is 2.09. The number of carbonyl (C=O) groups is 1. The summed E-state index contributed by atoms with van der Waals surface area (Å²) in [5, 5.41) is 0. The van der Waals surface area contributed by atoms with Crippen LogP contribution in [-0.2, 0) is 9.53 Å². The first-order valence-electron chi connectivity index (χ1n) is 14.5. The molecule has 0 amide bonds. The molecule has 4 fully saturated rings. The fourth-order valence-electron chi connectivity index (χ4n) is 11.2. The van der Waals surface area contributed by atoms with E-state index in [1.54, 1.807) is 6.92 Å². The van der Waals surface area contributed by atoms with E-state index in [-0.39, 0.29) is 17.5 Å². The molecule has 5 aliphatic rings. The second-order valence-electron chi connectivity index (χ2n) is 15.9. The molecule has 0 spiro atoms. The van der Waals surface area contributed by atoms with Crippen LogP contribution in [0, 0.1) is 50.2 Å². The van der Waals surface area contributed by atoms with Crippen molar-refractivity contribution < 1.29 is 9.53 Å². The van der Waals surface area contributed by atoms with Crippen LogP contribution < -0.4 is 0 Å². The largest absolute Gasteiger partial charge is 0.462 e. The van der Waals surface area contributed by atoms with Crippen LogP contribution in [-0.4, -0.2) is 12.1 Å². The fraction of sp³-hybridized carbons (Fsp3) is 0.906. The van der Waals surface area contributed by atoms with Gasteiger partial charge in [-0.15, -0.1) is 0 Å². The highest BCUT2D eigenvalue weighted by atomic mass is 16.5. The Hall–Kier alpha value is -0.790. The third kappa shape index (κ3) is 3.28. The average Bonchev–Trinajstić information content (AvgIpc) is 2.70. The topological polar surface area (TPSA) is 26.3 Å². The van der Waals surface area contributed by atoms with Crippen molar-refractivity contribution in [1.82, 2.24) is 0 Å². The smallest absolute Gasteiger partial charge is 0.302 e. The van der Waals surface area contributed by atoms with Crippen LogP contribution in [0.15, 0.2) is 11.6 Å². The third-order valence-corrected chi connectivity index (χ3v) is 13.0. The van der Waals surface area contributed by atoms with Gasteiger partial charge in [-0.3, -0.25) is 4.79 Å². The van der Waals surface area contributed by atoms with Gasteiger partial charge in [0.05, 0.1) is 0 Å². The Morgan fingerprint density at radius 1 is 0.794 bits per heavy atom. The van der Waals surface area contributed by atoms with E-state index in [2.05, 4.69) is 61.5 Å². The van der Waals surface area contributed by atoms with Crippen LogP contribution in [0.5, 0.6) is 0 Å². The molecule has 4 saturated carbocycles. The molecule has 0 aromatic rings. The molecule has 0 heterocycles. The molecule has 192 valence electrons. The van der Waals surface area contributed by atoms with Crippen LogP contribution in [0.1, 0.15) is 127 Å². The molecule has 0 bridgehead atoms. The second kappa shape index (κ2) is 7.38. The Bertz CT molecular complexity index is 897. The molecule has 0 radical (unpaired) electrons. The first kappa shape index (κ1) is 24.9. The predicted octanol–water partition coefficient (Wildman–Crippen LogP) is 8.74. The normalized spacial score (nSPS) is 51.1. The van der Waals surface area contributed by atoms with Gasteiger partial charge >= 0.3 is 5.97 Å². The van der Waals surface area contributed by atoms with Crippen LogP contribution in [0.2, 0.25) is 0 Å². The Morgan fingerprint density at radius 2 is 1.41 bits per heavy atom. The predicted molar refractivity (Wildman–Crippen MR) is 140 cm³/mol. The highest BCUT2D eigenvalue weighted by Gasteiger charge is 2.67. The Kier molecular flexibility index (Phi) is 5.40. The van der Waals surface area contributed by atoms with E-state index in [4.69, 9.17) is 4.74 Å². The highest BCUT2D eigenvalue weighted by Crippen LogP contribution is 2.75. The molecule has 34 heavy (non-hydrogen) atoms. The SMILES string of the molecule is CC(=O)OC1CC[C@]2(C)[C@H]3CC[C@]4(C)C(=CC[C@@]5(C)CCC(C)(C)C[C@H]54)[C@]3(C)CC[C@H]2C1(C)C. The van der Waals surface area contributed by atoms with E-state index in [9.17, 15) is 4.79 Å². The standard InChI is InChI=1S/C32H52O2/c1-21(33)34-26-13-17-30(7)22(28(26,4)5)11-15-31(8)23-10-14-29(6)19-18-27(2,3)20-25(29)32(23,9)16-12-24(30)31/h10,22,24-26H,11-20H2,1-9H3/t22-,24+,25+,26?,29-,30-,31-,32+/m0/s1. The van der Waals surface area contributed by atoms with Gasteiger partial charge < -0.3 is 4.74 Å². The van der Waals surface area contributed by atoms with Gasteiger partial charge in [0.25, 0.3) is 0 Å². The summed E-state index contributed by atoms with van der Waals surface area (Å²) in [6.45, 7) is 22.0. The summed E-state index contributed by atoms with van der Waals surface area (Å²) < 4.78 is 5.90. The quantitative estimate of drug-likeness (QED) is 0.284. The van der Waals surface area contributed by atoms with Crippen molar-refractivity contribution >= 4 is 5.97 Å². The molecule has 8 atom stereocenters. The number of esters is 1. The first-order chi connectivity index (χ1) is 15.6. The maximum Gasteiger partial charge on any atom is 0.302 e. The summed E-state index contributed by atoms with van der Waals surface area (Å²) >= 11 is 0. The number of hydrogen-bond donors (Lipinski definition) is 0. The number of carbonyl (C=O) groups excluding carboxylic acids is 1. The van der Waals surface area contributed by atoms with Crippen molar-refractivity contribution in [2.75, 3.05) is 0 Å². The molecule has 2 nitrogen and oxygen atoms in total. The number of hydrogen-bond acceptors (Lipinski definition) is 2. The van der Waals surface area contributed by atoms with Gasteiger partial charge in [0.2, 0.25) is 0 Å². The van der Waals surface area contributed by atoms with Gasteiger partial charge in [-0.05, 0) is 109 Å². The highest BCUT2D eigenvalue weighted by molar-refractivity contribution is 5.66. The fourth-order valence-corrected chi connectivity index (χ4v) is 11.2. The minimum Gasteiger partial charge on any atom is -0.462 e. The monoisotopic (exact) mass is 468 g/mol. The van der Waals surface area contributed by atoms with Crippen LogP contribution in [0.4, 0.5) is 0 Å². The maximum atomic E-state index is 11.9. The molecule has 0 aromatic heterocycles. The summed E-state index contributed by atoms with van der Waals surface area (Å²) in [4.78, 5) is 11.9. The summed E-state index contributed by atoms with van der Waals surface area (Å²) in [6, 6.07) is 0. The second-order valence-corrected chi connectivity index (χ2v) is 15.9. The zero-order valence-corrected chi connectivity index (χ0v) is 23.8. The van der Waals surface area contributed by atoms with Gasteiger partial charge in [-0.2, -0.15) is 0 Å². The van der Waals surface area contributed by atoms with Crippen molar-refractivity contribution in [3.63, 3.8) is 0 Å². The van der Waals surface area contributed by atoms with E-state index < -0.39 is 0 Å². The molecule has 0 aromatic carbocycles. The molecule has 5 aliphatic carbocycles. The molecule has 0 aliphatic heterocycles. The Labute approximate surface area is 210 Å². The average molecular weight is 469 g/mol. The number of ether oxygens (including phenoxy) is 1. The number of rotatable bonds is 1. The molecular weight excluding hydrogens is 416 g/mol. The zero-order valence-electron chi connectivity index (χ0n) is 23.8. The first-order valence-corrected chi connectivity index (χ1v) is 14.5. The van der Waals surface area contributed by atoms with Crippen molar-refractivity contribution in [2.45, 2.75) is 133 Å². The van der Waals surface area contributed by atoms with E-state index in [0.29, 0.717) is 33.0 Å². The van der Waals surface area contributed by atoms with Crippen LogP contribution in [0.25, 0.3) is 0 Å². The molecule has 2 heteroatoms. The van der Waals surface area contributed by atoms with Crippen LogP contribution >= 0.6 is 0 Å². The lowest BCUT2D eigenvalue weighted by Gasteiger charge is -2.70. The summed E-state index contributed by atoms with van der Waals surface area (Å²) in [5.41, 5.74) is 3.90. The lowest BCUT2D eigenvalue weighted by Crippen LogP contribution is -2.63. The Balaban J connectivity index is 1.51. The minimum absolute atomic E-state index is 0.0493. The van der Waals surface area contributed by atoms with Gasteiger partial charge in [-0.25, -0.2) is 0 Å². The molecule has 0 saturated heterocycles. The molecule has 1 unspecified atom stereocenters. The summed E-state index contributed by atoms with van der Waals surface area (Å²) in [7, 11) is 0. The van der Waals surface area contributed by atoms with E-state index in [1.807, 2.05) is 5.57 Å². The number of fused-ring (bicyclic) bond motifs is 7. The van der Waals surface area contributed by atoms with Crippen LogP contribution in [0.3, 0.4) is 0 Å². The molecular formula is C32H52O2. The van der Waals surface area contributed by atoms with Crippen molar-refractivity contribution in [3.05, 3.63) is 11.6 Å². The third-order valence-electron chi connectivity index (χ3n) is 13.0. The lowest BCUT2D eigenvalue weighted by molar-refractivity contribution is -0.198. The van der Waals surface area contributed by atoms with Gasteiger partial charge in [0, 0.05) is 12.3 Å². The lowest BCUT2D eigenvalue weighted by atomic mass is 9.34. The maximum absolute atomic E-state index is 11.9. The molecule has 5 rings (SSSR count). The number of allylic oxidation sites excluding steroid dienone is 2. The molecule has 0 N–H and O–H groups in total. The Morgan fingerprint density at radius 3 is 2.06 bits per heavy atom. The zero-order chi connectivity index (χ0) is 24.9. The van der Waals surface area contributed by atoms with Gasteiger partial charge in [0.1, 0.15) is 6.10 Å².